The number of sulfonamides is 1. The monoisotopic (exact) mass is 418 g/mol. The van der Waals surface area contributed by atoms with Crippen molar-refractivity contribution >= 4 is 16.0 Å². The van der Waals surface area contributed by atoms with Crippen molar-refractivity contribution in [1.82, 2.24) is 4.72 Å². The molecule has 0 aliphatic heterocycles. The van der Waals surface area contributed by atoms with Gasteiger partial charge in [-0.25, -0.2) is 17.9 Å². The standard InChI is InChI=1S/C20H22N2O6S/c1-13(2)17-6-5-16(19(11-17)28-27-14(3)23)8-9-22-29(25,26)20-10-15(12-21)4-7-18(20)24/h4-7,10-11,13,22,24H,8-9H2,1-3H3. The van der Waals surface area contributed by atoms with Crippen molar-refractivity contribution in [3.05, 3.63) is 53.1 Å². The van der Waals surface area contributed by atoms with Gasteiger partial charge in [0.15, 0.2) is 5.75 Å². The smallest absolute Gasteiger partial charge is 0.352 e. The fourth-order valence-electron chi connectivity index (χ4n) is 2.51. The Hall–Kier alpha value is -3.09. The van der Waals surface area contributed by atoms with Crippen molar-refractivity contribution in [2.45, 2.75) is 38.0 Å². The van der Waals surface area contributed by atoms with Gasteiger partial charge in [0.25, 0.3) is 0 Å². The fraction of sp³-hybridized carbons (Fsp3) is 0.300. The van der Waals surface area contributed by atoms with Crippen LogP contribution in [0.3, 0.4) is 0 Å². The molecule has 29 heavy (non-hydrogen) atoms. The Labute approximate surface area is 169 Å². The molecule has 0 amide bonds. The molecule has 0 aliphatic carbocycles. The summed E-state index contributed by atoms with van der Waals surface area (Å²) in [6.45, 7) is 5.21. The van der Waals surface area contributed by atoms with E-state index in [-0.39, 0.29) is 29.3 Å². The number of rotatable bonds is 8. The van der Waals surface area contributed by atoms with Gasteiger partial charge in [0, 0.05) is 19.0 Å². The second-order valence-electron chi connectivity index (χ2n) is 6.62. The summed E-state index contributed by atoms with van der Waals surface area (Å²) in [6.07, 6.45) is 0.243. The number of phenolic OH excluding ortho intramolecular Hbond substituents is 1. The Morgan fingerprint density at radius 2 is 1.97 bits per heavy atom. The quantitative estimate of drug-likeness (QED) is 0.499. The maximum absolute atomic E-state index is 12.5. The van der Waals surface area contributed by atoms with E-state index in [1.165, 1.54) is 13.0 Å². The number of phenols is 1. The van der Waals surface area contributed by atoms with E-state index >= 15 is 0 Å². The van der Waals surface area contributed by atoms with Crippen LogP contribution in [0.1, 0.15) is 43.4 Å². The number of hydrogen-bond acceptors (Lipinski definition) is 7. The van der Waals surface area contributed by atoms with Gasteiger partial charge >= 0.3 is 5.97 Å². The predicted molar refractivity (Wildman–Crippen MR) is 105 cm³/mol. The van der Waals surface area contributed by atoms with Crippen LogP contribution in [0.2, 0.25) is 0 Å². The molecule has 0 fully saturated rings. The average molecular weight is 418 g/mol. The molecule has 2 N–H and O–H groups in total. The molecular weight excluding hydrogens is 396 g/mol. The van der Waals surface area contributed by atoms with Gasteiger partial charge in [0.05, 0.1) is 11.6 Å². The van der Waals surface area contributed by atoms with Crippen molar-refractivity contribution in [3.63, 3.8) is 0 Å². The highest BCUT2D eigenvalue weighted by Crippen LogP contribution is 2.26. The second kappa shape index (κ2) is 9.41. The van der Waals surface area contributed by atoms with E-state index in [4.69, 9.17) is 10.1 Å². The summed E-state index contributed by atoms with van der Waals surface area (Å²) in [5.41, 5.74) is 1.72. The van der Waals surface area contributed by atoms with Gasteiger partial charge in [0.2, 0.25) is 10.0 Å². The first kappa shape index (κ1) is 22.2. The van der Waals surface area contributed by atoms with E-state index in [0.29, 0.717) is 11.3 Å². The summed E-state index contributed by atoms with van der Waals surface area (Å²) in [6, 6.07) is 10.8. The van der Waals surface area contributed by atoms with Crippen molar-refractivity contribution in [2.24, 2.45) is 0 Å². The molecule has 0 aliphatic rings. The Morgan fingerprint density at radius 1 is 1.24 bits per heavy atom. The molecule has 0 spiro atoms. The zero-order valence-corrected chi connectivity index (χ0v) is 17.1. The van der Waals surface area contributed by atoms with Gasteiger partial charge in [-0.3, -0.25) is 9.78 Å². The zero-order valence-electron chi connectivity index (χ0n) is 16.3. The third kappa shape index (κ3) is 5.94. The van der Waals surface area contributed by atoms with Gasteiger partial charge in [-0.2, -0.15) is 5.26 Å². The van der Waals surface area contributed by atoms with Crippen molar-refractivity contribution in [2.75, 3.05) is 6.54 Å². The Balaban J connectivity index is 2.17. The highest BCUT2D eigenvalue weighted by molar-refractivity contribution is 7.89. The lowest BCUT2D eigenvalue weighted by molar-refractivity contribution is -0.211. The van der Waals surface area contributed by atoms with Crippen molar-refractivity contribution < 1.29 is 28.1 Å². The van der Waals surface area contributed by atoms with E-state index in [0.717, 1.165) is 17.7 Å². The number of carbonyl (C=O) groups excluding carboxylic acids is 1. The normalized spacial score (nSPS) is 11.1. The lowest BCUT2D eigenvalue weighted by atomic mass is 10.00. The lowest BCUT2D eigenvalue weighted by Crippen LogP contribution is -2.26. The maximum atomic E-state index is 12.5. The molecule has 0 saturated carbocycles. The third-order valence-corrected chi connectivity index (χ3v) is 5.56. The molecule has 0 radical (unpaired) electrons. The largest absolute Gasteiger partial charge is 0.507 e. The van der Waals surface area contributed by atoms with Crippen molar-refractivity contribution in [3.8, 4) is 17.6 Å². The summed E-state index contributed by atoms with van der Waals surface area (Å²) in [5, 5.41) is 18.8. The van der Waals surface area contributed by atoms with E-state index in [2.05, 4.69) is 9.61 Å². The third-order valence-electron chi connectivity index (χ3n) is 4.07. The molecule has 0 bridgehead atoms. The van der Waals surface area contributed by atoms with Crippen LogP contribution in [0.15, 0.2) is 41.3 Å². The minimum atomic E-state index is -4.03. The molecule has 2 aromatic rings. The Bertz CT molecular complexity index is 1040. The number of nitrogens with one attached hydrogen (secondary N) is 1. The molecule has 0 unspecified atom stereocenters. The number of hydrogen-bond donors (Lipinski definition) is 2. The molecule has 2 rings (SSSR count). The first-order valence-corrected chi connectivity index (χ1v) is 10.3. The second-order valence-corrected chi connectivity index (χ2v) is 8.36. The van der Waals surface area contributed by atoms with Crippen LogP contribution >= 0.6 is 0 Å². The molecule has 8 nitrogen and oxygen atoms in total. The first-order valence-electron chi connectivity index (χ1n) is 8.84. The molecule has 0 aromatic heterocycles. The summed E-state index contributed by atoms with van der Waals surface area (Å²) < 4.78 is 27.3. The number of nitriles is 1. The molecular formula is C20H22N2O6S. The van der Waals surface area contributed by atoms with Crippen LogP contribution in [0.5, 0.6) is 11.5 Å². The topological polar surface area (TPSA) is 126 Å². The van der Waals surface area contributed by atoms with Gasteiger partial charge in [-0.1, -0.05) is 26.0 Å². The SMILES string of the molecule is CC(=O)OOc1cc(C(C)C)ccc1CCNS(=O)(=O)c1cc(C#N)ccc1O. The van der Waals surface area contributed by atoms with Crippen LogP contribution in [0, 0.1) is 11.3 Å². The highest BCUT2D eigenvalue weighted by atomic mass is 32.2. The van der Waals surface area contributed by atoms with Crippen molar-refractivity contribution in [1.29, 1.82) is 5.26 Å². The minimum absolute atomic E-state index is 0.00396. The number of nitrogens with zero attached hydrogens (tertiary/aromatic N) is 1. The fourth-order valence-corrected chi connectivity index (χ4v) is 3.67. The summed E-state index contributed by atoms with van der Waals surface area (Å²) >= 11 is 0. The van der Waals surface area contributed by atoms with Gasteiger partial charge in [-0.15, -0.1) is 0 Å². The Kier molecular flexibility index (Phi) is 7.20. The maximum Gasteiger partial charge on any atom is 0.352 e. The lowest BCUT2D eigenvalue weighted by Gasteiger charge is -2.13. The average Bonchev–Trinajstić information content (AvgIpc) is 2.66. The van der Waals surface area contributed by atoms with Crippen LogP contribution in [0.25, 0.3) is 0 Å². The zero-order chi connectivity index (χ0) is 21.6. The number of benzene rings is 2. The summed E-state index contributed by atoms with van der Waals surface area (Å²) in [5.74, 6) is -0.520. The van der Waals surface area contributed by atoms with E-state index in [1.54, 1.807) is 12.1 Å². The molecule has 9 heteroatoms. The first-order chi connectivity index (χ1) is 13.6. The van der Waals surface area contributed by atoms with Crippen LogP contribution < -0.4 is 9.61 Å². The van der Waals surface area contributed by atoms with Crippen LogP contribution in [0.4, 0.5) is 0 Å². The van der Waals surface area contributed by atoms with Gasteiger partial charge in [0.1, 0.15) is 10.6 Å². The molecule has 154 valence electrons. The predicted octanol–water partition coefficient (Wildman–Crippen LogP) is 2.77. The number of aromatic hydroxyl groups is 1. The van der Waals surface area contributed by atoms with E-state index in [1.807, 2.05) is 26.0 Å². The van der Waals surface area contributed by atoms with Crippen LogP contribution in [-0.2, 0) is 26.1 Å². The number of carbonyl (C=O) groups is 1. The molecule has 0 atom stereocenters. The van der Waals surface area contributed by atoms with Gasteiger partial charge < -0.3 is 5.11 Å². The summed E-state index contributed by atoms with van der Waals surface area (Å²) in [7, 11) is -4.03. The summed E-state index contributed by atoms with van der Waals surface area (Å²) in [4.78, 5) is 20.4. The molecule has 0 heterocycles. The van der Waals surface area contributed by atoms with E-state index in [9.17, 15) is 18.3 Å². The Morgan fingerprint density at radius 3 is 2.59 bits per heavy atom. The highest BCUT2D eigenvalue weighted by Gasteiger charge is 2.19. The van der Waals surface area contributed by atoms with Crippen LogP contribution in [-0.4, -0.2) is 26.0 Å². The molecule has 0 saturated heterocycles. The van der Waals surface area contributed by atoms with Gasteiger partial charge in [-0.05, 0) is 42.2 Å². The van der Waals surface area contributed by atoms with E-state index < -0.39 is 21.7 Å². The molecule has 2 aromatic carbocycles. The minimum Gasteiger partial charge on any atom is -0.507 e.